The molecule has 0 spiro atoms. The number of hydrogen-bond donors (Lipinski definition) is 2. The van der Waals surface area contributed by atoms with E-state index in [4.69, 9.17) is 14.9 Å². The van der Waals surface area contributed by atoms with Crippen LogP contribution in [0.5, 0.6) is 0 Å². The Morgan fingerprint density at radius 2 is 2.10 bits per heavy atom. The topological polar surface area (TPSA) is 97.2 Å². The van der Waals surface area contributed by atoms with Crippen LogP contribution in [0.25, 0.3) is 11.0 Å². The van der Waals surface area contributed by atoms with Gasteiger partial charge in [-0.05, 0) is 64.8 Å². The van der Waals surface area contributed by atoms with E-state index in [9.17, 15) is 4.79 Å². The standard InChI is InChI=1S/C22H30N4O3/c1-6-28-21(27)18(19(23)14-29-22(3,4)5)13-24-11-9-16-12-17-8-7-10-25-20(17)26-15(16)2/h7-8,10,12-13,23-24H,6,9,11,14H2,1-5H3/b18-13+,23-19?. The van der Waals surface area contributed by atoms with Crippen molar-refractivity contribution in [3.63, 3.8) is 0 Å². The Labute approximate surface area is 172 Å². The van der Waals surface area contributed by atoms with Gasteiger partial charge in [-0.3, -0.25) is 0 Å². The van der Waals surface area contributed by atoms with Crippen molar-refractivity contribution in [1.82, 2.24) is 15.3 Å². The molecule has 2 heterocycles. The first-order valence-electron chi connectivity index (χ1n) is 9.75. The molecule has 0 saturated heterocycles. The number of aromatic nitrogens is 2. The summed E-state index contributed by atoms with van der Waals surface area (Å²) in [4.78, 5) is 21.0. The third kappa shape index (κ3) is 6.94. The number of carbonyl (C=O) groups excluding carboxylic acids is 1. The minimum atomic E-state index is -0.530. The van der Waals surface area contributed by atoms with E-state index in [0.717, 1.165) is 28.7 Å². The van der Waals surface area contributed by atoms with Gasteiger partial charge in [0.25, 0.3) is 0 Å². The number of nitrogens with zero attached hydrogens (tertiary/aromatic N) is 2. The van der Waals surface area contributed by atoms with Crippen molar-refractivity contribution >= 4 is 22.7 Å². The van der Waals surface area contributed by atoms with Crippen molar-refractivity contribution < 1.29 is 14.3 Å². The zero-order valence-electron chi connectivity index (χ0n) is 17.8. The van der Waals surface area contributed by atoms with Crippen LogP contribution >= 0.6 is 0 Å². The minimum Gasteiger partial charge on any atom is -0.462 e. The van der Waals surface area contributed by atoms with E-state index in [0.29, 0.717) is 6.54 Å². The van der Waals surface area contributed by atoms with Gasteiger partial charge in [0, 0.05) is 30.0 Å². The van der Waals surface area contributed by atoms with Crippen LogP contribution in [0.1, 0.15) is 39.0 Å². The van der Waals surface area contributed by atoms with Gasteiger partial charge in [0.05, 0.1) is 30.1 Å². The lowest BCUT2D eigenvalue weighted by Crippen LogP contribution is -2.27. The summed E-state index contributed by atoms with van der Waals surface area (Å²) >= 11 is 0. The van der Waals surface area contributed by atoms with Crippen LogP contribution in [0.3, 0.4) is 0 Å². The monoisotopic (exact) mass is 398 g/mol. The Hall–Kier alpha value is -2.80. The first-order chi connectivity index (χ1) is 13.7. The largest absolute Gasteiger partial charge is 0.462 e. The second-order valence-electron chi connectivity index (χ2n) is 7.65. The lowest BCUT2D eigenvalue weighted by atomic mass is 10.1. The number of rotatable bonds is 9. The summed E-state index contributed by atoms with van der Waals surface area (Å²) in [6.45, 7) is 10.3. The van der Waals surface area contributed by atoms with Crippen molar-refractivity contribution in [2.24, 2.45) is 0 Å². The minimum absolute atomic E-state index is 0.0382. The Bertz CT molecular complexity index is 901. The lowest BCUT2D eigenvalue weighted by molar-refractivity contribution is -0.138. The van der Waals surface area contributed by atoms with Crippen LogP contribution in [0.15, 0.2) is 36.2 Å². The van der Waals surface area contributed by atoms with Crippen LogP contribution in [-0.4, -0.2) is 47.0 Å². The highest BCUT2D eigenvalue weighted by atomic mass is 16.5. The summed E-state index contributed by atoms with van der Waals surface area (Å²) in [6.07, 6.45) is 4.00. The van der Waals surface area contributed by atoms with Gasteiger partial charge < -0.3 is 20.2 Å². The zero-order valence-corrected chi connectivity index (χ0v) is 17.8. The lowest BCUT2D eigenvalue weighted by Gasteiger charge is -2.20. The molecule has 0 unspecified atom stereocenters. The Balaban J connectivity index is 2.04. The fraction of sp³-hybridized carbons (Fsp3) is 0.455. The van der Waals surface area contributed by atoms with Gasteiger partial charge in [0.1, 0.15) is 0 Å². The average molecular weight is 399 g/mol. The van der Waals surface area contributed by atoms with E-state index in [1.807, 2.05) is 39.8 Å². The van der Waals surface area contributed by atoms with Gasteiger partial charge in [-0.2, -0.15) is 0 Å². The predicted octanol–water partition coefficient (Wildman–Crippen LogP) is 3.35. The van der Waals surface area contributed by atoms with Gasteiger partial charge in [0.2, 0.25) is 0 Å². The smallest absolute Gasteiger partial charge is 0.341 e. The summed E-state index contributed by atoms with van der Waals surface area (Å²) < 4.78 is 10.7. The van der Waals surface area contributed by atoms with Crippen LogP contribution in [-0.2, 0) is 20.7 Å². The number of fused-ring (bicyclic) bond motifs is 1. The summed E-state index contributed by atoms with van der Waals surface area (Å²) in [5.41, 5.74) is 2.64. The number of ether oxygens (including phenoxy) is 2. The van der Waals surface area contributed by atoms with Crippen molar-refractivity contribution in [3.05, 3.63) is 47.4 Å². The average Bonchev–Trinajstić information content (AvgIpc) is 2.66. The number of esters is 1. The molecule has 0 aliphatic carbocycles. The van der Waals surface area contributed by atoms with E-state index >= 15 is 0 Å². The third-order valence-corrected chi connectivity index (χ3v) is 4.14. The summed E-state index contributed by atoms with van der Waals surface area (Å²) in [5, 5.41) is 12.3. The van der Waals surface area contributed by atoms with E-state index in [1.54, 1.807) is 13.1 Å². The molecule has 0 saturated carbocycles. The molecule has 7 heteroatoms. The van der Waals surface area contributed by atoms with Crippen molar-refractivity contribution in [2.45, 2.75) is 46.6 Å². The molecule has 7 nitrogen and oxygen atoms in total. The van der Waals surface area contributed by atoms with Crippen LogP contribution in [0, 0.1) is 12.3 Å². The van der Waals surface area contributed by atoms with E-state index < -0.39 is 11.6 Å². The molecule has 2 rings (SSSR count). The molecule has 0 aliphatic rings. The molecule has 0 bridgehead atoms. The summed E-state index contributed by atoms with van der Waals surface area (Å²) in [7, 11) is 0. The van der Waals surface area contributed by atoms with Gasteiger partial charge in [-0.1, -0.05) is 0 Å². The maximum Gasteiger partial charge on any atom is 0.341 e. The van der Waals surface area contributed by atoms with Crippen LogP contribution in [0.2, 0.25) is 0 Å². The number of aryl methyl sites for hydroxylation is 1. The number of carbonyl (C=O) groups is 1. The van der Waals surface area contributed by atoms with E-state index in [-0.39, 0.29) is 24.5 Å². The van der Waals surface area contributed by atoms with Gasteiger partial charge in [-0.25, -0.2) is 14.8 Å². The molecule has 29 heavy (non-hydrogen) atoms. The Kier molecular flexibility index (Phi) is 7.84. The zero-order chi connectivity index (χ0) is 21.4. The van der Waals surface area contributed by atoms with Crippen LogP contribution in [0.4, 0.5) is 0 Å². The molecule has 0 fully saturated rings. The second-order valence-corrected chi connectivity index (χ2v) is 7.65. The highest BCUT2D eigenvalue weighted by Gasteiger charge is 2.19. The van der Waals surface area contributed by atoms with E-state index in [1.165, 1.54) is 6.20 Å². The molecule has 0 atom stereocenters. The number of hydrogen-bond acceptors (Lipinski definition) is 7. The first kappa shape index (κ1) is 22.5. The van der Waals surface area contributed by atoms with Crippen LogP contribution < -0.4 is 5.32 Å². The molecule has 0 aliphatic heterocycles. The molecule has 2 aromatic heterocycles. The van der Waals surface area contributed by atoms with E-state index in [2.05, 4.69) is 21.4 Å². The fourth-order valence-corrected chi connectivity index (χ4v) is 2.62. The van der Waals surface area contributed by atoms with Gasteiger partial charge in [0.15, 0.2) is 5.65 Å². The first-order valence-corrected chi connectivity index (χ1v) is 9.75. The second kappa shape index (κ2) is 10.1. The Morgan fingerprint density at radius 3 is 2.79 bits per heavy atom. The number of nitrogens with one attached hydrogen (secondary N) is 2. The molecule has 2 aromatic rings. The Morgan fingerprint density at radius 1 is 1.34 bits per heavy atom. The molecule has 2 N–H and O–H groups in total. The van der Waals surface area contributed by atoms with Crippen molar-refractivity contribution in [1.29, 1.82) is 5.41 Å². The normalized spacial score (nSPS) is 12.1. The van der Waals surface area contributed by atoms with Crippen molar-refractivity contribution in [2.75, 3.05) is 19.8 Å². The molecular weight excluding hydrogens is 368 g/mol. The molecule has 0 amide bonds. The van der Waals surface area contributed by atoms with Gasteiger partial charge >= 0.3 is 5.97 Å². The fourth-order valence-electron chi connectivity index (χ4n) is 2.62. The van der Waals surface area contributed by atoms with Gasteiger partial charge in [-0.15, -0.1) is 0 Å². The third-order valence-electron chi connectivity index (χ3n) is 4.14. The molecule has 0 aromatic carbocycles. The molecular formula is C22H30N4O3. The maximum absolute atomic E-state index is 12.2. The number of pyridine rings is 2. The van der Waals surface area contributed by atoms with Crippen molar-refractivity contribution in [3.8, 4) is 0 Å². The molecule has 156 valence electrons. The maximum atomic E-state index is 12.2. The predicted molar refractivity (Wildman–Crippen MR) is 114 cm³/mol. The molecule has 0 radical (unpaired) electrons. The highest BCUT2D eigenvalue weighted by molar-refractivity contribution is 6.19. The quantitative estimate of drug-likeness (QED) is 0.291. The summed E-state index contributed by atoms with van der Waals surface area (Å²) in [5.74, 6) is -0.530. The highest BCUT2D eigenvalue weighted by Crippen LogP contribution is 2.15. The summed E-state index contributed by atoms with van der Waals surface area (Å²) in [6, 6.07) is 5.96. The SMILES string of the molecule is CCOC(=O)/C(=C/NCCc1cc2cccnc2nc1C)C(=N)COC(C)(C)C.